The van der Waals surface area contributed by atoms with Crippen LogP contribution in [-0.2, 0) is 16.0 Å². The number of nitrogens with one attached hydrogen (secondary N) is 2. The summed E-state index contributed by atoms with van der Waals surface area (Å²) in [6.07, 6.45) is 2.41. The lowest BCUT2D eigenvalue weighted by Gasteiger charge is -2.04. The van der Waals surface area contributed by atoms with Gasteiger partial charge in [0.1, 0.15) is 0 Å². The molecule has 0 spiro atoms. The molecule has 0 saturated heterocycles. The van der Waals surface area contributed by atoms with E-state index in [0.717, 1.165) is 23.1 Å². The van der Waals surface area contributed by atoms with E-state index in [9.17, 15) is 9.59 Å². The summed E-state index contributed by atoms with van der Waals surface area (Å²) in [5, 5.41) is 6.30. The van der Waals surface area contributed by atoms with Gasteiger partial charge in [0.05, 0.1) is 6.21 Å². The number of hydrazone groups is 1. The van der Waals surface area contributed by atoms with E-state index in [1.54, 1.807) is 12.1 Å². The summed E-state index contributed by atoms with van der Waals surface area (Å²) in [7, 11) is 0. The molecule has 0 unspecified atom stereocenters. The SMILES string of the molecule is CCc1ccc(NC(=O)C(=O)NN=Cc2ccc(C)cc2)cc1. The molecule has 5 nitrogen and oxygen atoms in total. The molecule has 2 aromatic rings. The van der Waals surface area contributed by atoms with Crippen molar-refractivity contribution in [3.05, 3.63) is 65.2 Å². The molecule has 0 fully saturated rings. The lowest BCUT2D eigenvalue weighted by Crippen LogP contribution is -2.32. The first kappa shape index (κ1) is 16.4. The topological polar surface area (TPSA) is 70.6 Å². The van der Waals surface area contributed by atoms with Crippen LogP contribution >= 0.6 is 0 Å². The Morgan fingerprint density at radius 1 is 1.00 bits per heavy atom. The number of benzene rings is 2. The van der Waals surface area contributed by atoms with Crippen molar-refractivity contribution in [1.29, 1.82) is 0 Å². The Balaban J connectivity index is 1.86. The smallest absolute Gasteiger partial charge is 0.318 e. The van der Waals surface area contributed by atoms with Crippen molar-refractivity contribution >= 4 is 23.7 Å². The summed E-state index contributed by atoms with van der Waals surface area (Å²) in [6.45, 7) is 4.03. The van der Waals surface area contributed by atoms with Crippen LogP contribution < -0.4 is 10.7 Å². The van der Waals surface area contributed by atoms with E-state index in [1.165, 1.54) is 6.21 Å². The number of hydrogen-bond donors (Lipinski definition) is 2. The van der Waals surface area contributed by atoms with Crippen LogP contribution in [0.1, 0.15) is 23.6 Å². The Labute approximate surface area is 135 Å². The van der Waals surface area contributed by atoms with E-state index >= 15 is 0 Å². The molecule has 0 heterocycles. The molecule has 2 rings (SSSR count). The van der Waals surface area contributed by atoms with E-state index in [-0.39, 0.29) is 0 Å². The fourth-order valence-corrected chi connectivity index (χ4v) is 1.88. The zero-order valence-electron chi connectivity index (χ0n) is 13.2. The molecular weight excluding hydrogens is 290 g/mol. The van der Waals surface area contributed by atoms with Crippen molar-refractivity contribution in [2.75, 3.05) is 5.32 Å². The van der Waals surface area contributed by atoms with E-state index in [0.29, 0.717) is 5.69 Å². The average Bonchev–Trinajstić information content (AvgIpc) is 2.57. The first-order valence-electron chi connectivity index (χ1n) is 7.38. The van der Waals surface area contributed by atoms with Crippen LogP contribution in [0, 0.1) is 6.92 Å². The van der Waals surface area contributed by atoms with Crippen LogP contribution in [0.5, 0.6) is 0 Å². The monoisotopic (exact) mass is 309 g/mol. The molecule has 0 bridgehead atoms. The molecule has 0 radical (unpaired) electrons. The number of amides is 2. The number of aryl methyl sites for hydroxylation is 2. The fourth-order valence-electron chi connectivity index (χ4n) is 1.88. The van der Waals surface area contributed by atoms with Crippen molar-refractivity contribution < 1.29 is 9.59 Å². The normalized spacial score (nSPS) is 10.5. The second-order valence-electron chi connectivity index (χ2n) is 5.11. The molecule has 0 aliphatic heterocycles. The summed E-state index contributed by atoms with van der Waals surface area (Å²) < 4.78 is 0. The molecule has 0 aliphatic rings. The van der Waals surface area contributed by atoms with Crippen LogP contribution in [-0.4, -0.2) is 18.0 Å². The van der Waals surface area contributed by atoms with Gasteiger partial charge >= 0.3 is 11.8 Å². The van der Waals surface area contributed by atoms with Crippen molar-refractivity contribution in [1.82, 2.24) is 5.43 Å². The molecular formula is C18H19N3O2. The zero-order chi connectivity index (χ0) is 16.7. The number of carbonyl (C=O) groups excluding carboxylic acids is 2. The fraction of sp³-hybridized carbons (Fsp3) is 0.167. The van der Waals surface area contributed by atoms with Crippen molar-refractivity contribution in [3.8, 4) is 0 Å². The number of anilines is 1. The minimum atomic E-state index is -0.812. The second kappa shape index (κ2) is 7.89. The predicted molar refractivity (Wildman–Crippen MR) is 91.4 cm³/mol. The summed E-state index contributed by atoms with van der Waals surface area (Å²) >= 11 is 0. The highest BCUT2D eigenvalue weighted by molar-refractivity contribution is 6.39. The standard InChI is InChI=1S/C18H19N3O2/c1-3-14-8-10-16(11-9-14)20-17(22)18(23)21-19-12-15-6-4-13(2)5-7-15/h4-12H,3H2,1-2H3,(H,20,22)(H,21,23). The third-order valence-corrected chi connectivity index (χ3v) is 3.28. The lowest BCUT2D eigenvalue weighted by molar-refractivity contribution is -0.136. The molecule has 5 heteroatoms. The van der Waals surface area contributed by atoms with Gasteiger partial charge < -0.3 is 5.32 Å². The maximum absolute atomic E-state index is 11.8. The predicted octanol–water partition coefficient (Wildman–Crippen LogP) is 2.65. The minimum absolute atomic E-state index is 0.574. The number of nitrogens with zero attached hydrogens (tertiary/aromatic N) is 1. The van der Waals surface area contributed by atoms with Crippen LogP contribution in [0.2, 0.25) is 0 Å². The Morgan fingerprint density at radius 2 is 1.65 bits per heavy atom. The highest BCUT2D eigenvalue weighted by Gasteiger charge is 2.12. The molecule has 118 valence electrons. The van der Waals surface area contributed by atoms with Gasteiger partial charge in [0.15, 0.2) is 0 Å². The quantitative estimate of drug-likeness (QED) is 0.518. The number of hydrogen-bond acceptors (Lipinski definition) is 3. The maximum Gasteiger partial charge on any atom is 0.329 e. The molecule has 0 aromatic heterocycles. The van der Waals surface area contributed by atoms with Gasteiger partial charge in [-0.15, -0.1) is 0 Å². The third-order valence-electron chi connectivity index (χ3n) is 3.28. The highest BCUT2D eigenvalue weighted by Crippen LogP contribution is 2.09. The molecule has 0 atom stereocenters. The van der Waals surface area contributed by atoms with Gasteiger partial charge in [-0.05, 0) is 36.6 Å². The Morgan fingerprint density at radius 3 is 2.26 bits per heavy atom. The summed E-state index contributed by atoms with van der Waals surface area (Å²) in [6, 6.07) is 15.0. The van der Waals surface area contributed by atoms with Gasteiger partial charge in [-0.25, -0.2) is 5.43 Å². The summed E-state index contributed by atoms with van der Waals surface area (Å²) in [5.74, 6) is -1.57. The summed E-state index contributed by atoms with van der Waals surface area (Å²) in [5.41, 5.74) is 5.92. The van der Waals surface area contributed by atoms with Crippen LogP contribution in [0.4, 0.5) is 5.69 Å². The number of rotatable bonds is 4. The van der Waals surface area contributed by atoms with Crippen molar-refractivity contribution in [3.63, 3.8) is 0 Å². The maximum atomic E-state index is 11.8. The van der Waals surface area contributed by atoms with E-state index in [1.807, 2.05) is 50.2 Å². The third kappa shape index (κ3) is 5.07. The molecule has 0 saturated carbocycles. The Bertz CT molecular complexity index is 704. The minimum Gasteiger partial charge on any atom is -0.318 e. The van der Waals surface area contributed by atoms with E-state index in [2.05, 4.69) is 15.8 Å². The van der Waals surface area contributed by atoms with Crippen LogP contribution in [0.25, 0.3) is 0 Å². The average molecular weight is 309 g/mol. The van der Waals surface area contributed by atoms with E-state index < -0.39 is 11.8 Å². The lowest BCUT2D eigenvalue weighted by atomic mass is 10.1. The Kier molecular flexibility index (Phi) is 5.63. The first-order valence-corrected chi connectivity index (χ1v) is 7.38. The molecule has 0 aliphatic carbocycles. The van der Waals surface area contributed by atoms with Gasteiger partial charge in [0.25, 0.3) is 0 Å². The zero-order valence-corrected chi connectivity index (χ0v) is 13.2. The molecule has 2 amide bonds. The van der Waals surface area contributed by atoms with Gasteiger partial charge in [0, 0.05) is 5.69 Å². The van der Waals surface area contributed by atoms with Gasteiger partial charge in [-0.2, -0.15) is 5.10 Å². The van der Waals surface area contributed by atoms with Crippen molar-refractivity contribution in [2.24, 2.45) is 5.10 Å². The van der Waals surface area contributed by atoms with Crippen LogP contribution in [0.3, 0.4) is 0 Å². The second-order valence-corrected chi connectivity index (χ2v) is 5.11. The Hall–Kier alpha value is -2.95. The van der Waals surface area contributed by atoms with Gasteiger partial charge in [0.2, 0.25) is 0 Å². The summed E-state index contributed by atoms with van der Waals surface area (Å²) in [4.78, 5) is 23.4. The first-order chi connectivity index (χ1) is 11.1. The van der Waals surface area contributed by atoms with E-state index in [4.69, 9.17) is 0 Å². The van der Waals surface area contributed by atoms with Gasteiger partial charge in [-0.1, -0.05) is 48.9 Å². The highest BCUT2D eigenvalue weighted by atomic mass is 16.2. The van der Waals surface area contributed by atoms with Gasteiger partial charge in [-0.3, -0.25) is 9.59 Å². The van der Waals surface area contributed by atoms with Crippen molar-refractivity contribution in [2.45, 2.75) is 20.3 Å². The van der Waals surface area contributed by atoms with Crippen LogP contribution in [0.15, 0.2) is 53.6 Å². The molecule has 23 heavy (non-hydrogen) atoms. The largest absolute Gasteiger partial charge is 0.329 e. The molecule has 2 aromatic carbocycles. The molecule has 2 N–H and O–H groups in total. The number of carbonyl (C=O) groups is 2.